The standard InChI is InChI=1S/C29H31N5O3/c1-3-37-25-13-11-23(12-14-25)30-27(35)22-15-19-33(20-16-22)29(36)26-21(2)31-34(24-9-5-4-6-10-24)28(26)32-17-7-8-18-32/h4-14,17-18,22H,3,15-16,19-20H2,1-2H3,(H,30,35). The molecule has 0 spiro atoms. The topological polar surface area (TPSA) is 81.4 Å². The first-order valence-electron chi connectivity index (χ1n) is 12.7. The van der Waals surface area contributed by atoms with Crippen molar-refractivity contribution in [2.75, 3.05) is 25.0 Å². The van der Waals surface area contributed by atoms with Crippen LogP contribution in [0.25, 0.3) is 11.5 Å². The summed E-state index contributed by atoms with van der Waals surface area (Å²) < 4.78 is 9.21. The van der Waals surface area contributed by atoms with Crippen LogP contribution in [0.15, 0.2) is 79.1 Å². The van der Waals surface area contributed by atoms with Gasteiger partial charge in [0.05, 0.1) is 18.0 Å². The third kappa shape index (κ3) is 5.14. The van der Waals surface area contributed by atoms with Crippen molar-refractivity contribution in [2.45, 2.75) is 26.7 Å². The van der Waals surface area contributed by atoms with E-state index in [9.17, 15) is 9.59 Å². The molecular formula is C29H31N5O3. The van der Waals surface area contributed by atoms with Crippen LogP contribution in [-0.2, 0) is 4.79 Å². The van der Waals surface area contributed by atoms with Gasteiger partial charge in [0, 0.05) is 37.1 Å². The number of carbonyl (C=O) groups excluding carboxylic acids is 2. The summed E-state index contributed by atoms with van der Waals surface area (Å²) in [6, 6.07) is 21.1. The number of hydrogen-bond donors (Lipinski definition) is 1. The van der Waals surface area contributed by atoms with E-state index in [0.29, 0.717) is 49.6 Å². The SMILES string of the molecule is CCOc1ccc(NC(=O)C2CCN(C(=O)c3c(C)nn(-c4ccccc4)c3-n3cccc3)CC2)cc1. The van der Waals surface area contributed by atoms with Crippen LogP contribution >= 0.6 is 0 Å². The number of rotatable bonds is 7. The summed E-state index contributed by atoms with van der Waals surface area (Å²) in [5.74, 6) is 1.27. The van der Waals surface area contributed by atoms with E-state index in [1.54, 1.807) is 0 Å². The molecule has 1 saturated heterocycles. The van der Waals surface area contributed by atoms with Crippen molar-refractivity contribution >= 4 is 17.5 Å². The van der Waals surface area contributed by atoms with E-state index in [1.807, 2.05) is 107 Å². The Labute approximate surface area is 216 Å². The zero-order chi connectivity index (χ0) is 25.8. The first-order chi connectivity index (χ1) is 18.0. The molecule has 37 heavy (non-hydrogen) atoms. The van der Waals surface area contributed by atoms with Crippen LogP contribution in [0.5, 0.6) is 5.75 Å². The van der Waals surface area contributed by atoms with E-state index >= 15 is 0 Å². The van der Waals surface area contributed by atoms with Gasteiger partial charge in [-0.3, -0.25) is 9.59 Å². The molecule has 8 heteroatoms. The number of likely N-dealkylation sites (tertiary alicyclic amines) is 1. The van der Waals surface area contributed by atoms with Crippen LogP contribution in [0.1, 0.15) is 35.8 Å². The highest BCUT2D eigenvalue weighted by atomic mass is 16.5. The molecule has 2 aromatic carbocycles. The third-order valence-electron chi connectivity index (χ3n) is 6.69. The molecule has 1 aliphatic rings. The lowest BCUT2D eigenvalue weighted by molar-refractivity contribution is -0.121. The zero-order valence-corrected chi connectivity index (χ0v) is 21.1. The Balaban J connectivity index is 1.30. The van der Waals surface area contributed by atoms with Crippen molar-refractivity contribution in [1.29, 1.82) is 0 Å². The zero-order valence-electron chi connectivity index (χ0n) is 21.1. The predicted octanol–water partition coefficient (Wildman–Crippen LogP) is 4.86. The van der Waals surface area contributed by atoms with Gasteiger partial charge in [-0.1, -0.05) is 18.2 Å². The number of hydrogen-bond acceptors (Lipinski definition) is 4. The highest BCUT2D eigenvalue weighted by Crippen LogP contribution is 2.27. The van der Waals surface area contributed by atoms with Crippen molar-refractivity contribution in [3.05, 3.63) is 90.4 Å². The average Bonchev–Trinajstić information content (AvgIpc) is 3.58. The van der Waals surface area contributed by atoms with E-state index in [4.69, 9.17) is 9.84 Å². The maximum Gasteiger partial charge on any atom is 0.259 e. The number of amides is 2. The van der Waals surface area contributed by atoms with Gasteiger partial charge in [0.2, 0.25) is 5.91 Å². The molecule has 0 radical (unpaired) electrons. The number of para-hydroxylation sites is 1. The van der Waals surface area contributed by atoms with E-state index < -0.39 is 0 Å². The van der Waals surface area contributed by atoms with Gasteiger partial charge >= 0.3 is 0 Å². The van der Waals surface area contributed by atoms with Crippen molar-refractivity contribution < 1.29 is 14.3 Å². The molecule has 5 rings (SSSR count). The molecule has 0 saturated carbocycles. The van der Waals surface area contributed by atoms with Crippen molar-refractivity contribution in [3.63, 3.8) is 0 Å². The summed E-state index contributed by atoms with van der Waals surface area (Å²) in [4.78, 5) is 28.5. The molecule has 4 aromatic rings. The number of aryl methyl sites for hydroxylation is 1. The van der Waals surface area contributed by atoms with E-state index in [-0.39, 0.29) is 17.7 Å². The number of benzene rings is 2. The minimum absolute atomic E-state index is 0.0163. The molecule has 1 N–H and O–H groups in total. The van der Waals surface area contributed by atoms with Crippen LogP contribution in [0.3, 0.4) is 0 Å². The van der Waals surface area contributed by atoms with Gasteiger partial charge in [0.1, 0.15) is 11.3 Å². The van der Waals surface area contributed by atoms with Gasteiger partial charge in [-0.2, -0.15) is 5.10 Å². The van der Waals surface area contributed by atoms with Crippen molar-refractivity contribution in [1.82, 2.24) is 19.2 Å². The first kappa shape index (κ1) is 24.4. The molecule has 0 unspecified atom stereocenters. The van der Waals surface area contributed by atoms with E-state index in [1.165, 1.54) is 0 Å². The van der Waals surface area contributed by atoms with E-state index in [0.717, 1.165) is 17.1 Å². The van der Waals surface area contributed by atoms with E-state index in [2.05, 4.69) is 5.32 Å². The Morgan fingerprint density at radius 1 is 0.973 bits per heavy atom. The quantitative estimate of drug-likeness (QED) is 0.395. The Morgan fingerprint density at radius 3 is 2.30 bits per heavy atom. The molecule has 2 aromatic heterocycles. The number of ether oxygens (including phenoxy) is 1. The maximum atomic E-state index is 13.8. The van der Waals surface area contributed by atoms with Gasteiger partial charge < -0.3 is 19.5 Å². The molecule has 0 aliphatic carbocycles. The molecule has 190 valence electrons. The van der Waals surface area contributed by atoms with Gasteiger partial charge in [0.25, 0.3) is 5.91 Å². The molecular weight excluding hydrogens is 466 g/mol. The molecule has 2 amide bonds. The van der Waals surface area contributed by atoms with Gasteiger partial charge in [-0.05, 0) is 75.2 Å². The number of anilines is 1. The number of aromatic nitrogens is 3. The van der Waals surface area contributed by atoms with Gasteiger partial charge in [-0.25, -0.2) is 4.68 Å². The monoisotopic (exact) mass is 497 g/mol. The lowest BCUT2D eigenvalue weighted by atomic mass is 9.95. The molecule has 0 bridgehead atoms. The Bertz CT molecular complexity index is 1350. The average molecular weight is 498 g/mol. The van der Waals surface area contributed by atoms with Crippen LogP contribution in [0.4, 0.5) is 5.69 Å². The highest BCUT2D eigenvalue weighted by molar-refractivity contribution is 5.99. The normalized spacial score (nSPS) is 13.9. The fraction of sp³-hybridized carbons (Fsp3) is 0.276. The summed E-state index contributed by atoms with van der Waals surface area (Å²) in [7, 11) is 0. The molecule has 0 atom stereocenters. The summed E-state index contributed by atoms with van der Waals surface area (Å²) in [5.41, 5.74) is 2.88. The molecule has 3 heterocycles. The fourth-order valence-electron chi connectivity index (χ4n) is 4.78. The number of carbonyl (C=O) groups is 2. The third-order valence-corrected chi connectivity index (χ3v) is 6.69. The smallest absolute Gasteiger partial charge is 0.259 e. The van der Waals surface area contributed by atoms with Crippen LogP contribution in [0, 0.1) is 12.8 Å². The minimum atomic E-state index is -0.146. The summed E-state index contributed by atoms with van der Waals surface area (Å²) in [6.45, 7) is 5.44. The summed E-state index contributed by atoms with van der Waals surface area (Å²) in [6.07, 6.45) is 5.06. The lowest BCUT2D eigenvalue weighted by Crippen LogP contribution is -2.41. The first-order valence-corrected chi connectivity index (χ1v) is 12.7. The molecule has 8 nitrogen and oxygen atoms in total. The Hall–Kier alpha value is -4.33. The van der Waals surface area contributed by atoms with Gasteiger partial charge in [-0.15, -0.1) is 0 Å². The van der Waals surface area contributed by atoms with Crippen molar-refractivity contribution in [3.8, 4) is 17.3 Å². The van der Waals surface area contributed by atoms with Crippen LogP contribution in [0.2, 0.25) is 0 Å². The largest absolute Gasteiger partial charge is 0.494 e. The minimum Gasteiger partial charge on any atom is -0.494 e. The predicted molar refractivity (Wildman–Crippen MR) is 142 cm³/mol. The van der Waals surface area contributed by atoms with Crippen LogP contribution in [-0.4, -0.2) is 50.8 Å². The highest BCUT2D eigenvalue weighted by Gasteiger charge is 2.32. The summed E-state index contributed by atoms with van der Waals surface area (Å²) in [5, 5.41) is 7.74. The van der Waals surface area contributed by atoms with Gasteiger partial charge in [0.15, 0.2) is 5.82 Å². The number of nitrogens with one attached hydrogen (secondary N) is 1. The van der Waals surface area contributed by atoms with Crippen LogP contribution < -0.4 is 10.1 Å². The Kier molecular flexibility index (Phi) is 7.07. The number of nitrogens with zero attached hydrogens (tertiary/aromatic N) is 4. The molecule has 1 fully saturated rings. The molecule has 1 aliphatic heterocycles. The fourth-order valence-corrected chi connectivity index (χ4v) is 4.78. The summed E-state index contributed by atoms with van der Waals surface area (Å²) >= 11 is 0. The second kappa shape index (κ2) is 10.7. The lowest BCUT2D eigenvalue weighted by Gasteiger charge is -2.31. The van der Waals surface area contributed by atoms with Crippen molar-refractivity contribution in [2.24, 2.45) is 5.92 Å². The second-order valence-corrected chi connectivity index (χ2v) is 9.13. The second-order valence-electron chi connectivity index (χ2n) is 9.13. The maximum absolute atomic E-state index is 13.8. The Morgan fingerprint density at radius 2 is 1.65 bits per heavy atom. The number of piperidine rings is 1.